The summed E-state index contributed by atoms with van der Waals surface area (Å²) in [6.45, 7) is 0.236. The van der Waals surface area contributed by atoms with E-state index in [-0.39, 0.29) is 22.4 Å². The molecule has 0 aromatic heterocycles. The summed E-state index contributed by atoms with van der Waals surface area (Å²) in [6.07, 6.45) is -5.08. The van der Waals surface area contributed by atoms with Gasteiger partial charge in [-0.2, -0.15) is 23.7 Å². The average Bonchev–Trinajstić information content (AvgIpc) is 3.04. The predicted molar refractivity (Wildman–Crippen MR) is 151 cm³/mol. The number of halogens is 5. The van der Waals surface area contributed by atoms with Crippen molar-refractivity contribution in [3.63, 3.8) is 0 Å². The Balaban J connectivity index is 1.85. The number of carbonyl (C=O) groups is 3. The fourth-order valence-electron chi connectivity index (χ4n) is 4.12. The molecule has 0 aliphatic carbocycles. The Kier molecular flexibility index (Phi) is 9.48. The van der Waals surface area contributed by atoms with E-state index in [1.807, 2.05) is 6.07 Å². The van der Waals surface area contributed by atoms with Crippen molar-refractivity contribution in [3.8, 4) is 17.9 Å². The molecular formula is C33H20F5N3O5. The number of alkyl halides is 3. The molecule has 0 fully saturated rings. The lowest BCUT2D eigenvalue weighted by Crippen LogP contribution is -2.55. The van der Waals surface area contributed by atoms with Crippen molar-refractivity contribution >= 4 is 23.5 Å². The number of nitriles is 2. The van der Waals surface area contributed by atoms with Crippen molar-refractivity contribution in [3.05, 3.63) is 130 Å². The second-order valence-corrected chi connectivity index (χ2v) is 9.84. The Morgan fingerprint density at radius 2 is 1.35 bits per heavy atom. The quantitative estimate of drug-likeness (QED) is 0.159. The third kappa shape index (κ3) is 7.34. The molecule has 4 rings (SSSR count). The summed E-state index contributed by atoms with van der Waals surface area (Å²) in [7, 11) is 0. The molecule has 2 amide bonds. The van der Waals surface area contributed by atoms with Gasteiger partial charge in [0.2, 0.25) is 5.60 Å². The van der Waals surface area contributed by atoms with E-state index in [2.05, 4.69) is 0 Å². The first-order valence-corrected chi connectivity index (χ1v) is 13.1. The highest BCUT2D eigenvalue weighted by molar-refractivity contribution is 6.23. The van der Waals surface area contributed by atoms with Gasteiger partial charge in [0, 0.05) is 5.56 Å². The van der Waals surface area contributed by atoms with E-state index >= 15 is 0 Å². The number of esters is 1. The maximum Gasteiger partial charge on any atom is 0.417 e. The van der Waals surface area contributed by atoms with E-state index in [1.165, 1.54) is 30.3 Å². The van der Waals surface area contributed by atoms with Crippen LogP contribution < -0.4 is 9.64 Å². The van der Waals surface area contributed by atoms with Gasteiger partial charge in [-0.05, 0) is 97.9 Å². The summed E-state index contributed by atoms with van der Waals surface area (Å²) >= 11 is 0. The fourth-order valence-corrected chi connectivity index (χ4v) is 4.12. The molecule has 13 heteroatoms. The van der Waals surface area contributed by atoms with Gasteiger partial charge in [-0.25, -0.2) is 18.5 Å². The minimum atomic E-state index is -5.08. The number of hydrogen-bond donors (Lipinski definition) is 0. The van der Waals surface area contributed by atoms with Crippen LogP contribution in [-0.2, 0) is 15.7 Å². The normalized spacial score (nSPS) is 12.2. The predicted octanol–water partition coefficient (Wildman–Crippen LogP) is 6.60. The van der Waals surface area contributed by atoms with E-state index in [0.29, 0.717) is 11.0 Å². The van der Waals surface area contributed by atoms with Crippen molar-refractivity contribution in [1.82, 2.24) is 0 Å². The first-order valence-electron chi connectivity index (χ1n) is 13.1. The van der Waals surface area contributed by atoms with Crippen molar-refractivity contribution in [1.29, 1.82) is 10.5 Å². The number of amides is 2. The number of nitrogens with zero attached hydrogens (tertiary/aromatic N) is 3. The Bertz CT molecular complexity index is 1860. The molecule has 0 saturated heterocycles. The van der Waals surface area contributed by atoms with Crippen LogP contribution in [0.5, 0.6) is 5.75 Å². The third-order valence-electron chi connectivity index (χ3n) is 6.53. The van der Waals surface area contributed by atoms with Gasteiger partial charge in [0.25, 0.3) is 11.8 Å². The van der Waals surface area contributed by atoms with Gasteiger partial charge >= 0.3 is 12.1 Å². The number of anilines is 1. The molecule has 0 heterocycles. The number of rotatable bonds is 8. The molecule has 4 aromatic rings. The van der Waals surface area contributed by atoms with Gasteiger partial charge in [0.05, 0.1) is 40.1 Å². The monoisotopic (exact) mass is 633 g/mol. The maximum atomic E-state index is 14.3. The lowest BCUT2D eigenvalue weighted by atomic mass is 10.0. The number of carbonyl (C=O) groups excluding carboxylic acids is 3. The van der Waals surface area contributed by atoms with E-state index in [9.17, 15) is 41.6 Å². The second kappa shape index (κ2) is 13.3. The van der Waals surface area contributed by atoms with Gasteiger partial charge in [0.15, 0.2) is 0 Å². The molecule has 0 bridgehead atoms. The molecule has 1 atom stereocenters. The van der Waals surface area contributed by atoms with Crippen LogP contribution in [0.3, 0.4) is 0 Å². The Labute approximate surface area is 258 Å². The first kappa shape index (κ1) is 32.8. The molecule has 0 radical (unpaired) electrons. The lowest BCUT2D eigenvalue weighted by Gasteiger charge is -2.33. The summed E-state index contributed by atoms with van der Waals surface area (Å²) < 4.78 is 80.1. The van der Waals surface area contributed by atoms with Crippen LogP contribution in [0.4, 0.5) is 27.6 Å². The number of benzene rings is 4. The standard InChI is InChI=1S/C33H20F5N3O5/c1-32(19-45-27-14-2-20(17-39)3-15-27,46-30(43)22-6-11-25(35)12-7-22)31(44)41(29(42)21-4-9-24(34)10-5-21)26-13-8-23(18-40)28(16-26)33(36,37)38/h2-16H,19H2,1H3/t32-/m0/s1. The van der Waals surface area contributed by atoms with Crippen LogP contribution in [0.25, 0.3) is 0 Å². The van der Waals surface area contributed by atoms with Crippen LogP contribution >= 0.6 is 0 Å². The molecule has 0 unspecified atom stereocenters. The zero-order chi connectivity index (χ0) is 33.6. The molecule has 0 aliphatic heterocycles. The van der Waals surface area contributed by atoms with Crippen LogP contribution in [0.15, 0.2) is 91.0 Å². The average molecular weight is 634 g/mol. The summed E-state index contributed by atoms with van der Waals surface area (Å²) in [4.78, 5) is 41.6. The molecule has 0 saturated carbocycles. The van der Waals surface area contributed by atoms with Gasteiger partial charge < -0.3 is 9.47 Å². The fraction of sp³-hybridized carbons (Fsp3) is 0.121. The maximum absolute atomic E-state index is 14.3. The number of hydrogen-bond acceptors (Lipinski definition) is 7. The minimum absolute atomic E-state index is 0.0880. The molecule has 0 spiro atoms. The molecular weight excluding hydrogens is 613 g/mol. The van der Waals surface area contributed by atoms with E-state index in [0.717, 1.165) is 67.6 Å². The van der Waals surface area contributed by atoms with E-state index < -0.39 is 64.6 Å². The van der Waals surface area contributed by atoms with Gasteiger partial charge in [-0.3, -0.25) is 9.59 Å². The minimum Gasteiger partial charge on any atom is -0.489 e. The molecule has 46 heavy (non-hydrogen) atoms. The molecule has 0 N–H and O–H groups in total. The zero-order valence-corrected chi connectivity index (χ0v) is 23.6. The topological polar surface area (TPSA) is 120 Å². The summed E-state index contributed by atoms with van der Waals surface area (Å²) in [5.74, 6) is -5.14. The van der Waals surface area contributed by atoms with Gasteiger partial charge in [-0.1, -0.05) is 0 Å². The molecule has 4 aromatic carbocycles. The lowest BCUT2D eigenvalue weighted by molar-refractivity contribution is -0.139. The Morgan fingerprint density at radius 1 is 0.783 bits per heavy atom. The van der Waals surface area contributed by atoms with Crippen molar-refractivity contribution in [2.45, 2.75) is 18.7 Å². The summed E-state index contributed by atoms with van der Waals surface area (Å²) in [5.41, 5.74) is -5.65. The van der Waals surface area contributed by atoms with Crippen molar-refractivity contribution < 1.29 is 45.8 Å². The smallest absolute Gasteiger partial charge is 0.417 e. The summed E-state index contributed by atoms with van der Waals surface area (Å²) in [6, 6.07) is 18.6. The molecule has 0 aliphatic rings. The largest absolute Gasteiger partial charge is 0.489 e. The van der Waals surface area contributed by atoms with Gasteiger partial charge in [0.1, 0.15) is 24.0 Å². The van der Waals surface area contributed by atoms with Crippen molar-refractivity contribution in [2.75, 3.05) is 11.5 Å². The highest BCUT2D eigenvalue weighted by Crippen LogP contribution is 2.36. The molecule has 232 valence electrons. The zero-order valence-electron chi connectivity index (χ0n) is 23.6. The van der Waals surface area contributed by atoms with Crippen molar-refractivity contribution in [2.24, 2.45) is 0 Å². The van der Waals surface area contributed by atoms with Crippen LogP contribution in [-0.4, -0.2) is 30.0 Å². The van der Waals surface area contributed by atoms with E-state index in [1.54, 1.807) is 0 Å². The summed E-state index contributed by atoms with van der Waals surface area (Å²) in [5, 5.41) is 18.3. The van der Waals surface area contributed by atoms with Crippen LogP contribution in [0, 0.1) is 34.3 Å². The number of imide groups is 1. The van der Waals surface area contributed by atoms with Crippen LogP contribution in [0.1, 0.15) is 44.3 Å². The number of ether oxygens (including phenoxy) is 2. The molecule has 8 nitrogen and oxygen atoms in total. The van der Waals surface area contributed by atoms with E-state index in [4.69, 9.17) is 14.7 Å². The second-order valence-electron chi connectivity index (χ2n) is 9.84. The highest BCUT2D eigenvalue weighted by atomic mass is 19.4. The van der Waals surface area contributed by atoms with Crippen LogP contribution in [0.2, 0.25) is 0 Å². The third-order valence-corrected chi connectivity index (χ3v) is 6.53. The SMILES string of the molecule is C[C@@](COc1ccc(C#N)cc1)(OC(=O)c1ccc(F)cc1)C(=O)N(C(=O)c1ccc(F)cc1)c1ccc(C#N)c(C(F)(F)F)c1. The van der Waals surface area contributed by atoms with Gasteiger partial charge in [-0.15, -0.1) is 0 Å². The first-order chi connectivity index (χ1) is 21.8. The Hall–Kier alpha value is -6.08. The Morgan fingerprint density at radius 3 is 1.87 bits per heavy atom. The highest BCUT2D eigenvalue weighted by Gasteiger charge is 2.46.